The number of ether oxygens (including phenoxy) is 1. The normalized spacial score (nSPS) is 27.8. The molecule has 94 valence electrons. The van der Waals surface area contributed by atoms with E-state index < -0.39 is 5.92 Å². The van der Waals surface area contributed by atoms with Crippen LogP contribution < -0.4 is 0 Å². The number of amides is 1. The Hall–Kier alpha value is -1.12. The number of hydrogen-bond acceptors (Lipinski definition) is 4. The van der Waals surface area contributed by atoms with Crippen molar-refractivity contribution in [1.82, 2.24) is 9.80 Å². The molecule has 5 nitrogen and oxygen atoms in total. The van der Waals surface area contributed by atoms with Gasteiger partial charge in [-0.15, -0.1) is 0 Å². The lowest BCUT2D eigenvalue weighted by atomic mass is 10.2. The van der Waals surface area contributed by atoms with Crippen molar-refractivity contribution in [2.24, 2.45) is 5.92 Å². The van der Waals surface area contributed by atoms with E-state index >= 15 is 0 Å². The molecule has 2 aliphatic heterocycles. The van der Waals surface area contributed by atoms with Gasteiger partial charge in [-0.1, -0.05) is 0 Å². The van der Waals surface area contributed by atoms with Gasteiger partial charge in [-0.3, -0.25) is 9.69 Å². The number of nitrogens with zero attached hydrogens (tertiary/aromatic N) is 3. The van der Waals surface area contributed by atoms with Crippen LogP contribution in [-0.2, 0) is 9.53 Å². The highest BCUT2D eigenvalue weighted by Crippen LogP contribution is 2.18. The maximum absolute atomic E-state index is 11.9. The van der Waals surface area contributed by atoms with E-state index in [0.29, 0.717) is 6.04 Å². The zero-order valence-corrected chi connectivity index (χ0v) is 10.3. The van der Waals surface area contributed by atoms with Gasteiger partial charge in [-0.25, -0.2) is 0 Å². The van der Waals surface area contributed by atoms with Crippen LogP contribution in [0.3, 0.4) is 0 Å². The Morgan fingerprint density at radius 2 is 2.12 bits per heavy atom. The molecule has 2 fully saturated rings. The van der Waals surface area contributed by atoms with Crippen molar-refractivity contribution >= 4 is 5.91 Å². The van der Waals surface area contributed by atoms with E-state index in [1.165, 1.54) is 0 Å². The lowest BCUT2D eigenvalue weighted by Crippen LogP contribution is -2.45. The maximum atomic E-state index is 11.9. The predicted octanol–water partition coefficient (Wildman–Crippen LogP) is 0.0792. The molecule has 1 amide bonds. The van der Waals surface area contributed by atoms with Crippen LogP contribution in [0, 0.1) is 17.2 Å². The van der Waals surface area contributed by atoms with Crippen molar-refractivity contribution in [3.05, 3.63) is 0 Å². The average molecular weight is 237 g/mol. The van der Waals surface area contributed by atoms with Crippen LogP contribution in [0.1, 0.15) is 13.3 Å². The number of carbonyl (C=O) groups excluding carboxylic acids is 1. The number of likely N-dealkylation sites (tertiary alicyclic amines) is 1. The summed E-state index contributed by atoms with van der Waals surface area (Å²) in [5, 5.41) is 8.76. The third-order valence-corrected chi connectivity index (χ3v) is 3.60. The molecule has 2 unspecified atom stereocenters. The topological polar surface area (TPSA) is 56.6 Å². The summed E-state index contributed by atoms with van der Waals surface area (Å²) in [7, 11) is 0. The summed E-state index contributed by atoms with van der Waals surface area (Å²) in [6.45, 7) is 6.72. The highest BCUT2D eigenvalue weighted by Gasteiger charge is 2.32. The third-order valence-electron chi connectivity index (χ3n) is 3.60. The average Bonchev–Trinajstić information content (AvgIpc) is 2.87. The first-order valence-electron chi connectivity index (χ1n) is 6.22. The van der Waals surface area contributed by atoms with Crippen molar-refractivity contribution in [2.75, 3.05) is 39.4 Å². The Labute approximate surface area is 102 Å². The molecule has 5 heteroatoms. The second-order valence-electron chi connectivity index (χ2n) is 4.73. The minimum absolute atomic E-state index is 0.0248. The lowest BCUT2D eigenvalue weighted by molar-refractivity contribution is -0.132. The van der Waals surface area contributed by atoms with Gasteiger partial charge in [0.05, 0.1) is 19.3 Å². The van der Waals surface area contributed by atoms with Crippen LogP contribution in [0.2, 0.25) is 0 Å². The zero-order chi connectivity index (χ0) is 12.3. The molecule has 0 saturated carbocycles. The van der Waals surface area contributed by atoms with Crippen molar-refractivity contribution < 1.29 is 9.53 Å². The SMILES string of the molecule is CC(C#N)C(=O)N1CCC(N2CCOCC2)C1. The molecule has 0 aromatic heterocycles. The van der Waals surface area contributed by atoms with Gasteiger partial charge in [0.1, 0.15) is 5.92 Å². The number of rotatable bonds is 2. The fraction of sp³-hybridized carbons (Fsp3) is 0.833. The fourth-order valence-electron chi connectivity index (χ4n) is 2.51. The molecule has 0 aliphatic carbocycles. The van der Waals surface area contributed by atoms with E-state index in [0.717, 1.165) is 45.8 Å². The molecule has 2 aliphatic rings. The predicted molar refractivity (Wildman–Crippen MR) is 62.2 cm³/mol. The zero-order valence-electron chi connectivity index (χ0n) is 10.3. The molecular formula is C12H19N3O2. The second kappa shape index (κ2) is 5.48. The van der Waals surface area contributed by atoms with Gasteiger partial charge >= 0.3 is 0 Å². The number of carbonyl (C=O) groups is 1. The number of hydrogen-bond donors (Lipinski definition) is 0. The number of morpholine rings is 1. The summed E-state index contributed by atoms with van der Waals surface area (Å²) in [6, 6.07) is 2.46. The van der Waals surface area contributed by atoms with Crippen LogP contribution in [0.5, 0.6) is 0 Å². The molecule has 0 bridgehead atoms. The van der Waals surface area contributed by atoms with Crippen molar-refractivity contribution in [2.45, 2.75) is 19.4 Å². The largest absolute Gasteiger partial charge is 0.379 e. The van der Waals surface area contributed by atoms with E-state index in [9.17, 15) is 4.79 Å². The molecule has 0 aromatic rings. The maximum Gasteiger partial charge on any atom is 0.239 e. The van der Waals surface area contributed by atoms with E-state index in [4.69, 9.17) is 10.00 Å². The first-order chi connectivity index (χ1) is 8.22. The summed E-state index contributed by atoms with van der Waals surface area (Å²) in [5.41, 5.74) is 0. The van der Waals surface area contributed by atoms with Crippen LogP contribution in [-0.4, -0.2) is 61.1 Å². The molecule has 2 atom stereocenters. The molecule has 0 N–H and O–H groups in total. The van der Waals surface area contributed by atoms with Crippen molar-refractivity contribution in [3.8, 4) is 6.07 Å². The molecule has 17 heavy (non-hydrogen) atoms. The molecule has 2 heterocycles. The van der Waals surface area contributed by atoms with E-state index in [2.05, 4.69) is 4.90 Å². The van der Waals surface area contributed by atoms with Gasteiger partial charge in [0.15, 0.2) is 0 Å². The Bertz CT molecular complexity index is 320. The third kappa shape index (κ3) is 2.76. The minimum atomic E-state index is -0.515. The van der Waals surface area contributed by atoms with E-state index in [1.54, 1.807) is 6.92 Å². The smallest absolute Gasteiger partial charge is 0.239 e. The summed E-state index contributed by atoms with van der Waals surface area (Å²) in [4.78, 5) is 16.1. The molecule has 0 radical (unpaired) electrons. The van der Waals surface area contributed by atoms with Gasteiger partial charge in [-0.05, 0) is 13.3 Å². The standard InChI is InChI=1S/C12H19N3O2/c1-10(8-13)12(16)15-3-2-11(9-15)14-4-6-17-7-5-14/h10-11H,2-7,9H2,1H3. The summed E-state index contributed by atoms with van der Waals surface area (Å²) >= 11 is 0. The molecule has 2 rings (SSSR count). The molecular weight excluding hydrogens is 218 g/mol. The Balaban J connectivity index is 1.86. The van der Waals surface area contributed by atoms with Crippen LogP contribution >= 0.6 is 0 Å². The van der Waals surface area contributed by atoms with Crippen LogP contribution in [0.4, 0.5) is 0 Å². The summed E-state index contributed by atoms with van der Waals surface area (Å²) in [6.07, 6.45) is 1.02. The van der Waals surface area contributed by atoms with Gasteiger partial charge in [0.25, 0.3) is 0 Å². The van der Waals surface area contributed by atoms with E-state index in [1.807, 2.05) is 11.0 Å². The Morgan fingerprint density at radius 3 is 2.76 bits per heavy atom. The van der Waals surface area contributed by atoms with Crippen LogP contribution in [0.25, 0.3) is 0 Å². The van der Waals surface area contributed by atoms with Crippen molar-refractivity contribution in [3.63, 3.8) is 0 Å². The van der Waals surface area contributed by atoms with Gasteiger partial charge < -0.3 is 9.64 Å². The van der Waals surface area contributed by atoms with Crippen LogP contribution in [0.15, 0.2) is 0 Å². The van der Waals surface area contributed by atoms with Gasteiger partial charge in [0, 0.05) is 32.2 Å². The van der Waals surface area contributed by atoms with Gasteiger partial charge in [0.2, 0.25) is 5.91 Å². The Morgan fingerprint density at radius 1 is 1.41 bits per heavy atom. The summed E-state index contributed by atoms with van der Waals surface area (Å²) < 4.78 is 5.32. The van der Waals surface area contributed by atoms with Gasteiger partial charge in [-0.2, -0.15) is 5.26 Å². The van der Waals surface area contributed by atoms with Crippen molar-refractivity contribution in [1.29, 1.82) is 5.26 Å². The highest BCUT2D eigenvalue weighted by molar-refractivity contribution is 5.81. The first-order valence-corrected chi connectivity index (χ1v) is 6.22. The lowest BCUT2D eigenvalue weighted by Gasteiger charge is -2.32. The first kappa shape index (κ1) is 12.3. The minimum Gasteiger partial charge on any atom is -0.379 e. The quantitative estimate of drug-likeness (QED) is 0.682. The molecule has 2 saturated heterocycles. The highest BCUT2D eigenvalue weighted by atomic mass is 16.5. The Kier molecular flexibility index (Phi) is 3.97. The fourth-order valence-corrected chi connectivity index (χ4v) is 2.51. The van der Waals surface area contributed by atoms with E-state index in [-0.39, 0.29) is 5.91 Å². The summed E-state index contributed by atoms with van der Waals surface area (Å²) in [5.74, 6) is -0.540. The second-order valence-corrected chi connectivity index (χ2v) is 4.73. The number of nitriles is 1. The molecule has 0 spiro atoms. The monoisotopic (exact) mass is 237 g/mol. The molecule has 0 aromatic carbocycles.